The molecule has 1 fully saturated rings. The largest absolute Gasteiger partial charge is 0.397 e. The molecule has 0 spiro atoms. The van der Waals surface area contributed by atoms with Gasteiger partial charge in [-0.05, 0) is 36.5 Å². The van der Waals surface area contributed by atoms with Gasteiger partial charge < -0.3 is 10.6 Å². The van der Waals surface area contributed by atoms with Crippen LogP contribution in [0.1, 0.15) is 34.8 Å². The Morgan fingerprint density at radius 2 is 1.81 bits per heavy atom. The van der Waals surface area contributed by atoms with E-state index in [9.17, 15) is 4.79 Å². The van der Waals surface area contributed by atoms with Crippen molar-refractivity contribution in [2.75, 3.05) is 18.8 Å². The van der Waals surface area contributed by atoms with E-state index in [1.165, 1.54) is 11.8 Å². The standard InChI is InChI=1S/C17H19N3O/c18-15-6-7-16(19-12-15)17(21)20-10-8-14(9-11-20)13-4-2-1-3-5-13/h1-7,12,14H,8-11,18H2. The first-order valence-corrected chi connectivity index (χ1v) is 7.30. The molecule has 0 unspecified atom stereocenters. The highest BCUT2D eigenvalue weighted by molar-refractivity contribution is 5.92. The number of nitrogen functional groups attached to an aromatic ring is 1. The van der Waals surface area contributed by atoms with Crippen LogP contribution in [0.3, 0.4) is 0 Å². The van der Waals surface area contributed by atoms with Gasteiger partial charge in [-0.2, -0.15) is 0 Å². The van der Waals surface area contributed by atoms with Crippen molar-refractivity contribution in [3.63, 3.8) is 0 Å². The average molecular weight is 281 g/mol. The first-order valence-electron chi connectivity index (χ1n) is 7.30. The number of amides is 1. The van der Waals surface area contributed by atoms with Gasteiger partial charge in [0.2, 0.25) is 0 Å². The number of piperidine rings is 1. The van der Waals surface area contributed by atoms with Crippen LogP contribution in [0.2, 0.25) is 0 Å². The highest BCUT2D eigenvalue weighted by Crippen LogP contribution is 2.28. The van der Waals surface area contributed by atoms with E-state index >= 15 is 0 Å². The predicted octanol–water partition coefficient (Wildman–Crippen LogP) is 2.68. The second-order valence-electron chi connectivity index (χ2n) is 5.45. The number of hydrogen-bond donors (Lipinski definition) is 1. The van der Waals surface area contributed by atoms with Crippen molar-refractivity contribution >= 4 is 11.6 Å². The van der Waals surface area contributed by atoms with Gasteiger partial charge in [0, 0.05) is 13.1 Å². The molecule has 21 heavy (non-hydrogen) atoms. The van der Waals surface area contributed by atoms with E-state index in [1.54, 1.807) is 12.1 Å². The third-order valence-corrected chi connectivity index (χ3v) is 4.06. The van der Waals surface area contributed by atoms with Crippen molar-refractivity contribution in [2.45, 2.75) is 18.8 Å². The maximum atomic E-state index is 12.4. The summed E-state index contributed by atoms with van der Waals surface area (Å²) in [4.78, 5) is 18.4. The van der Waals surface area contributed by atoms with Crippen LogP contribution < -0.4 is 5.73 Å². The molecule has 2 aromatic rings. The van der Waals surface area contributed by atoms with Gasteiger partial charge in [-0.25, -0.2) is 4.98 Å². The number of hydrogen-bond acceptors (Lipinski definition) is 3. The fourth-order valence-corrected chi connectivity index (χ4v) is 2.83. The molecule has 0 atom stereocenters. The summed E-state index contributed by atoms with van der Waals surface area (Å²) >= 11 is 0. The quantitative estimate of drug-likeness (QED) is 0.920. The Morgan fingerprint density at radius 3 is 2.43 bits per heavy atom. The molecule has 0 bridgehead atoms. The highest BCUT2D eigenvalue weighted by atomic mass is 16.2. The second-order valence-corrected chi connectivity index (χ2v) is 5.45. The van der Waals surface area contributed by atoms with Crippen molar-refractivity contribution in [3.8, 4) is 0 Å². The van der Waals surface area contributed by atoms with Crippen LogP contribution in [0.4, 0.5) is 5.69 Å². The number of nitrogens with zero attached hydrogens (tertiary/aromatic N) is 2. The van der Waals surface area contributed by atoms with Gasteiger partial charge in [0.15, 0.2) is 0 Å². The summed E-state index contributed by atoms with van der Waals surface area (Å²) in [6.07, 6.45) is 3.54. The van der Waals surface area contributed by atoms with Crippen LogP contribution in [-0.4, -0.2) is 28.9 Å². The van der Waals surface area contributed by atoms with Gasteiger partial charge in [0.25, 0.3) is 5.91 Å². The minimum Gasteiger partial charge on any atom is -0.397 e. The van der Waals surface area contributed by atoms with E-state index in [-0.39, 0.29) is 5.91 Å². The van der Waals surface area contributed by atoms with E-state index in [0.29, 0.717) is 17.3 Å². The minimum atomic E-state index is 0.00140. The first kappa shape index (κ1) is 13.6. The summed E-state index contributed by atoms with van der Waals surface area (Å²) in [6, 6.07) is 13.9. The summed E-state index contributed by atoms with van der Waals surface area (Å²) in [5, 5.41) is 0. The lowest BCUT2D eigenvalue weighted by atomic mass is 9.89. The van der Waals surface area contributed by atoms with Crippen LogP contribution in [0.15, 0.2) is 48.7 Å². The fraction of sp³-hybridized carbons (Fsp3) is 0.294. The molecule has 1 amide bonds. The topological polar surface area (TPSA) is 59.2 Å². The second kappa shape index (κ2) is 5.95. The molecular weight excluding hydrogens is 262 g/mol. The summed E-state index contributed by atoms with van der Waals surface area (Å²) in [6.45, 7) is 1.56. The van der Waals surface area contributed by atoms with E-state index in [1.807, 2.05) is 11.0 Å². The molecule has 1 aliphatic rings. The van der Waals surface area contributed by atoms with E-state index < -0.39 is 0 Å². The number of pyridine rings is 1. The number of nitrogens with two attached hydrogens (primary N) is 1. The molecule has 4 heteroatoms. The molecule has 4 nitrogen and oxygen atoms in total. The van der Waals surface area contributed by atoms with E-state index in [4.69, 9.17) is 5.73 Å². The molecule has 108 valence electrons. The van der Waals surface area contributed by atoms with Crippen molar-refractivity contribution in [1.82, 2.24) is 9.88 Å². The van der Waals surface area contributed by atoms with Crippen LogP contribution >= 0.6 is 0 Å². The Bertz CT molecular complexity index is 602. The van der Waals surface area contributed by atoms with Gasteiger partial charge in [-0.15, -0.1) is 0 Å². The van der Waals surface area contributed by atoms with E-state index in [0.717, 1.165) is 25.9 Å². The number of likely N-dealkylation sites (tertiary alicyclic amines) is 1. The number of anilines is 1. The van der Waals surface area contributed by atoms with Crippen LogP contribution in [0.5, 0.6) is 0 Å². The average Bonchev–Trinajstić information content (AvgIpc) is 2.56. The third kappa shape index (κ3) is 3.05. The maximum Gasteiger partial charge on any atom is 0.272 e. The van der Waals surface area contributed by atoms with Crippen LogP contribution in [0.25, 0.3) is 0 Å². The van der Waals surface area contributed by atoms with Crippen molar-refractivity contribution in [2.24, 2.45) is 0 Å². The summed E-state index contributed by atoms with van der Waals surface area (Å²) in [5.74, 6) is 0.552. The number of carbonyl (C=O) groups excluding carboxylic acids is 1. The molecule has 2 N–H and O–H groups in total. The van der Waals surface area contributed by atoms with Crippen molar-refractivity contribution in [1.29, 1.82) is 0 Å². The predicted molar refractivity (Wildman–Crippen MR) is 83.0 cm³/mol. The van der Waals surface area contributed by atoms with Gasteiger partial charge in [-0.1, -0.05) is 30.3 Å². The Hall–Kier alpha value is -2.36. The maximum absolute atomic E-state index is 12.4. The molecule has 0 radical (unpaired) electrons. The summed E-state index contributed by atoms with van der Waals surface area (Å²) < 4.78 is 0. The molecule has 1 saturated heterocycles. The van der Waals surface area contributed by atoms with Gasteiger partial charge >= 0.3 is 0 Å². The zero-order valence-corrected chi connectivity index (χ0v) is 11.9. The zero-order valence-electron chi connectivity index (χ0n) is 11.9. The number of benzene rings is 1. The number of carbonyl (C=O) groups is 1. The summed E-state index contributed by atoms with van der Waals surface area (Å²) in [7, 11) is 0. The monoisotopic (exact) mass is 281 g/mol. The molecule has 1 aromatic heterocycles. The molecule has 1 aliphatic heterocycles. The smallest absolute Gasteiger partial charge is 0.272 e. The first-order chi connectivity index (χ1) is 10.2. The zero-order chi connectivity index (χ0) is 14.7. The lowest BCUT2D eigenvalue weighted by molar-refractivity contribution is 0.0707. The van der Waals surface area contributed by atoms with Gasteiger partial charge in [0.1, 0.15) is 5.69 Å². The lowest BCUT2D eigenvalue weighted by Crippen LogP contribution is -2.38. The molecular formula is C17H19N3O. The van der Waals surface area contributed by atoms with E-state index in [2.05, 4.69) is 29.2 Å². The molecule has 0 saturated carbocycles. The van der Waals surface area contributed by atoms with Crippen molar-refractivity contribution in [3.05, 3.63) is 59.9 Å². The lowest BCUT2D eigenvalue weighted by Gasteiger charge is -2.32. The Kier molecular flexibility index (Phi) is 3.86. The highest BCUT2D eigenvalue weighted by Gasteiger charge is 2.24. The van der Waals surface area contributed by atoms with Gasteiger partial charge in [0.05, 0.1) is 11.9 Å². The van der Waals surface area contributed by atoms with Crippen molar-refractivity contribution < 1.29 is 4.79 Å². The molecule has 3 rings (SSSR count). The summed E-state index contributed by atoms with van der Waals surface area (Å²) in [5.41, 5.74) is 8.02. The Balaban J connectivity index is 1.63. The molecule has 2 heterocycles. The Morgan fingerprint density at radius 1 is 1.10 bits per heavy atom. The van der Waals surface area contributed by atoms with Crippen LogP contribution in [0, 0.1) is 0 Å². The SMILES string of the molecule is Nc1ccc(C(=O)N2CCC(c3ccccc3)CC2)nc1. The number of rotatable bonds is 2. The number of aromatic nitrogens is 1. The van der Waals surface area contributed by atoms with Gasteiger partial charge in [-0.3, -0.25) is 4.79 Å². The minimum absolute atomic E-state index is 0.00140. The third-order valence-electron chi connectivity index (χ3n) is 4.06. The fourth-order valence-electron chi connectivity index (χ4n) is 2.83. The van der Waals surface area contributed by atoms with Crippen LogP contribution in [-0.2, 0) is 0 Å². The Labute approximate surface area is 124 Å². The molecule has 0 aliphatic carbocycles. The molecule has 1 aromatic carbocycles. The normalized spacial score (nSPS) is 15.9.